The van der Waals surface area contributed by atoms with Crippen molar-refractivity contribution in [1.29, 1.82) is 0 Å². The fourth-order valence-corrected chi connectivity index (χ4v) is 0.918. The molecule has 0 bridgehead atoms. The third-order valence-corrected chi connectivity index (χ3v) is 1.37. The topological polar surface area (TPSA) is 18.5 Å². The molecule has 0 aliphatic rings. The Labute approximate surface area is 75.1 Å². The first-order valence-electron chi connectivity index (χ1n) is 3.90. The van der Waals surface area contributed by atoms with E-state index in [1.165, 1.54) is 6.07 Å². The molecule has 0 N–H and O–H groups in total. The van der Waals surface area contributed by atoms with Crippen LogP contribution in [-0.4, -0.2) is 13.2 Å². The number of hydrogen-bond donors (Lipinski definition) is 0. The number of alkyl halides is 2. The molecule has 0 spiro atoms. The molecule has 1 aromatic rings. The molecule has 0 heterocycles. The standard InChI is InChI=1S/C9H10F2O2/c1-2-12-7-5-3-4-6-8(7)13-9(10)11/h3-6,9H,2H2,1H3. The summed E-state index contributed by atoms with van der Waals surface area (Å²) in [5.41, 5.74) is 0. The van der Waals surface area contributed by atoms with E-state index in [1.807, 2.05) is 0 Å². The Morgan fingerprint density at radius 1 is 1.23 bits per heavy atom. The van der Waals surface area contributed by atoms with Crippen molar-refractivity contribution in [2.24, 2.45) is 0 Å². The molecule has 1 aromatic carbocycles. The summed E-state index contributed by atoms with van der Waals surface area (Å²) < 4.78 is 33.0. The summed E-state index contributed by atoms with van der Waals surface area (Å²) in [4.78, 5) is 0. The van der Waals surface area contributed by atoms with Gasteiger partial charge in [0.15, 0.2) is 11.5 Å². The lowest BCUT2D eigenvalue weighted by atomic mass is 10.3. The Bertz CT molecular complexity index is 264. The highest BCUT2D eigenvalue weighted by molar-refractivity contribution is 5.39. The van der Waals surface area contributed by atoms with Gasteiger partial charge in [-0.2, -0.15) is 8.78 Å². The average Bonchev–Trinajstić information content (AvgIpc) is 2.08. The van der Waals surface area contributed by atoms with Gasteiger partial charge in [-0.05, 0) is 19.1 Å². The van der Waals surface area contributed by atoms with Gasteiger partial charge in [0.05, 0.1) is 6.61 Å². The van der Waals surface area contributed by atoms with E-state index >= 15 is 0 Å². The second-order valence-corrected chi connectivity index (χ2v) is 2.26. The maximum atomic E-state index is 11.9. The molecule has 0 atom stereocenters. The lowest BCUT2D eigenvalue weighted by molar-refractivity contribution is -0.0514. The number of ether oxygens (including phenoxy) is 2. The van der Waals surface area contributed by atoms with Gasteiger partial charge in [-0.25, -0.2) is 0 Å². The monoisotopic (exact) mass is 188 g/mol. The highest BCUT2D eigenvalue weighted by atomic mass is 19.3. The number of hydrogen-bond acceptors (Lipinski definition) is 2. The van der Waals surface area contributed by atoms with E-state index in [0.717, 1.165) is 0 Å². The summed E-state index contributed by atoms with van der Waals surface area (Å²) in [6.45, 7) is -0.621. The van der Waals surface area contributed by atoms with E-state index in [9.17, 15) is 8.78 Å². The van der Waals surface area contributed by atoms with E-state index < -0.39 is 6.61 Å². The van der Waals surface area contributed by atoms with Gasteiger partial charge in [0.1, 0.15) is 0 Å². The van der Waals surface area contributed by atoms with Crippen molar-refractivity contribution in [1.82, 2.24) is 0 Å². The first-order chi connectivity index (χ1) is 6.24. The van der Waals surface area contributed by atoms with E-state index in [2.05, 4.69) is 4.74 Å². The molecule has 0 radical (unpaired) electrons. The number of rotatable bonds is 4. The minimum Gasteiger partial charge on any atom is -0.490 e. The smallest absolute Gasteiger partial charge is 0.387 e. The highest BCUT2D eigenvalue weighted by Crippen LogP contribution is 2.27. The summed E-state index contributed by atoms with van der Waals surface area (Å²) in [7, 11) is 0. The fraction of sp³-hybridized carbons (Fsp3) is 0.333. The molecule has 4 heteroatoms. The molecule has 0 saturated heterocycles. The van der Waals surface area contributed by atoms with Crippen LogP contribution in [0.4, 0.5) is 8.78 Å². The molecule has 0 aromatic heterocycles. The predicted molar refractivity (Wildman–Crippen MR) is 44.2 cm³/mol. The normalized spacial score (nSPS) is 10.2. The Hall–Kier alpha value is -1.32. The van der Waals surface area contributed by atoms with Crippen molar-refractivity contribution in [3.05, 3.63) is 24.3 Å². The highest BCUT2D eigenvalue weighted by Gasteiger charge is 2.08. The average molecular weight is 188 g/mol. The third kappa shape index (κ3) is 2.89. The van der Waals surface area contributed by atoms with Crippen LogP contribution in [0.1, 0.15) is 6.92 Å². The molecule has 0 amide bonds. The van der Waals surface area contributed by atoms with Crippen LogP contribution in [0.2, 0.25) is 0 Å². The summed E-state index contributed by atoms with van der Waals surface area (Å²) in [6.07, 6.45) is 0. The van der Waals surface area contributed by atoms with Gasteiger partial charge in [0.2, 0.25) is 0 Å². The van der Waals surface area contributed by atoms with E-state index in [1.54, 1.807) is 25.1 Å². The lowest BCUT2D eigenvalue weighted by Crippen LogP contribution is -2.04. The van der Waals surface area contributed by atoms with Crippen LogP contribution in [0.3, 0.4) is 0 Å². The number of benzene rings is 1. The van der Waals surface area contributed by atoms with Crippen LogP contribution in [0, 0.1) is 0 Å². The van der Waals surface area contributed by atoms with Gasteiger partial charge < -0.3 is 9.47 Å². The van der Waals surface area contributed by atoms with Crippen LogP contribution in [0.25, 0.3) is 0 Å². The molecule has 0 aliphatic carbocycles. The van der Waals surface area contributed by atoms with Gasteiger partial charge in [-0.15, -0.1) is 0 Å². The van der Waals surface area contributed by atoms with Crippen molar-refractivity contribution < 1.29 is 18.3 Å². The van der Waals surface area contributed by atoms with Gasteiger partial charge in [0, 0.05) is 0 Å². The van der Waals surface area contributed by atoms with Gasteiger partial charge >= 0.3 is 6.61 Å². The minimum absolute atomic E-state index is 0.0688. The molecule has 0 saturated carbocycles. The van der Waals surface area contributed by atoms with E-state index in [4.69, 9.17) is 4.74 Å². The largest absolute Gasteiger partial charge is 0.490 e. The SMILES string of the molecule is CCOc1ccccc1OC(F)F. The van der Waals surface area contributed by atoms with Crippen LogP contribution in [-0.2, 0) is 0 Å². The molecule has 0 aliphatic heterocycles. The van der Waals surface area contributed by atoms with Crippen molar-refractivity contribution in [3.8, 4) is 11.5 Å². The first-order valence-corrected chi connectivity index (χ1v) is 3.90. The van der Waals surface area contributed by atoms with Crippen LogP contribution in [0.5, 0.6) is 11.5 Å². The zero-order valence-corrected chi connectivity index (χ0v) is 7.17. The summed E-state index contributed by atoms with van der Waals surface area (Å²) in [5.74, 6) is 0.407. The fourth-order valence-electron chi connectivity index (χ4n) is 0.918. The summed E-state index contributed by atoms with van der Waals surface area (Å²) in [6, 6.07) is 6.34. The Morgan fingerprint density at radius 3 is 2.38 bits per heavy atom. The minimum atomic E-state index is -2.82. The number of halogens is 2. The quantitative estimate of drug-likeness (QED) is 0.723. The first kappa shape index (κ1) is 9.77. The van der Waals surface area contributed by atoms with Gasteiger partial charge in [0.25, 0.3) is 0 Å². The van der Waals surface area contributed by atoms with E-state index in [0.29, 0.717) is 12.4 Å². The van der Waals surface area contributed by atoms with Gasteiger partial charge in [-0.3, -0.25) is 0 Å². The Kier molecular flexibility index (Phi) is 3.49. The van der Waals surface area contributed by atoms with Crippen molar-refractivity contribution in [2.45, 2.75) is 13.5 Å². The second-order valence-electron chi connectivity index (χ2n) is 2.26. The number of para-hydroxylation sites is 2. The van der Waals surface area contributed by atoms with Crippen LogP contribution in [0.15, 0.2) is 24.3 Å². The van der Waals surface area contributed by atoms with Crippen LogP contribution < -0.4 is 9.47 Å². The summed E-state index contributed by atoms with van der Waals surface area (Å²) >= 11 is 0. The third-order valence-electron chi connectivity index (χ3n) is 1.37. The zero-order valence-electron chi connectivity index (χ0n) is 7.17. The van der Waals surface area contributed by atoms with Gasteiger partial charge in [-0.1, -0.05) is 12.1 Å². The zero-order chi connectivity index (χ0) is 9.68. The second kappa shape index (κ2) is 4.64. The maximum absolute atomic E-state index is 11.9. The predicted octanol–water partition coefficient (Wildman–Crippen LogP) is 2.69. The molecular formula is C9H10F2O2. The molecule has 72 valence electrons. The molecule has 2 nitrogen and oxygen atoms in total. The van der Waals surface area contributed by atoms with E-state index in [-0.39, 0.29) is 5.75 Å². The Morgan fingerprint density at radius 2 is 1.85 bits per heavy atom. The maximum Gasteiger partial charge on any atom is 0.387 e. The molecule has 13 heavy (non-hydrogen) atoms. The lowest BCUT2D eigenvalue weighted by Gasteiger charge is -2.09. The molecule has 1 rings (SSSR count). The van der Waals surface area contributed by atoms with Crippen molar-refractivity contribution in [3.63, 3.8) is 0 Å². The van der Waals surface area contributed by atoms with Crippen molar-refractivity contribution >= 4 is 0 Å². The van der Waals surface area contributed by atoms with Crippen LogP contribution >= 0.6 is 0 Å². The summed E-state index contributed by atoms with van der Waals surface area (Å²) in [5, 5.41) is 0. The van der Waals surface area contributed by atoms with Crippen molar-refractivity contribution in [2.75, 3.05) is 6.61 Å². The molecule has 0 fully saturated rings. The molecule has 0 unspecified atom stereocenters. The molecular weight excluding hydrogens is 178 g/mol. The Balaban J connectivity index is 2.78.